The first kappa shape index (κ1) is 16.7. The van der Waals surface area contributed by atoms with Gasteiger partial charge in [-0.05, 0) is 31.0 Å². The summed E-state index contributed by atoms with van der Waals surface area (Å²) in [6.07, 6.45) is 5.45. The molecule has 0 N–H and O–H groups in total. The normalized spacial score (nSPS) is 17.0. The summed E-state index contributed by atoms with van der Waals surface area (Å²) in [5.41, 5.74) is 1.05. The van der Waals surface area contributed by atoms with Gasteiger partial charge in [-0.2, -0.15) is 4.99 Å². The van der Waals surface area contributed by atoms with Gasteiger partial charge in [0.05, 0.1) is 16.8 Å². The molecule has 1 aromatic heterocycles. The average molecular weight is 353 g/mol. The quantitative estimate of drug-likeness (QED) is 0.834. The van der Waals surface area contributed by atoms with E-state index in [1.807, 2.05) is 18.2 Å². The van der Waals surface area contributed by atoms with Gasteiger partial charge < -0.3 is 9.30 Å². The van der Waals surface area contributed by atoms with Crippen LogP contribution in [0.5, 0.6) is 0 Å². The van der Waals surface area contributed by atoms with E-state index >= 15 is 0 Å². The summed E-state index contributed by atoms with van der Waals surface area (Å²) in [4.78, 5) is 17.7. The van der Waals surface area contributed by atoms with Crippen molar-refractivity contribution >= 4 is 39.1 Å². The summed E-state index contributed by atoms with van der Waals surface area (Å²) in [6, 6.07) is 5.77. The average Bonchev–Trinajstić information content (AvgIpc) is 2.89. The number of amides is 1. The Bertz CT molecular complexity index is 760. The lowest BCUT2D eigenvalue weighted by molar-refractivity contribution is -0.122. The van der Waals surface area contributed by atoms with Gasteiger partial charge in [0.15, 0.2) is 4.80 Å². The Hall–Kier alpha value is -1.17. The molecule has 1 aliphatic carbocycles. The van der Waals surface area contributed by atoms with E-state index in [-0.39, 0.29) is 11.8 Å². The van der Waals surface area contributed by atoms with E-state index in [0.29, 0.717) is 18.2 Å². The van der Waals surface area contributed by atoms with Crippen molar-refractivity contribution in [2.24, 2.45) is 10.9 Å². The van der Waals surface area contributed by atoms with Gasteiger partial charge in [0, 0.05) is 24.6 Å². The molecule has 4 nitrogen and oxygen atoms in total. The largest absolute Gasteiger partial charge is 0.383 e. The fourth-order valence-corrected chi connectivity index (χ4v) is 4.40. The van der Waals surface area contributed by atoms with Crippen LogP contribution in [0.4, 0.5) is 0 Å². The van der Waals surface area contributed by atoms with Crippen molar-refractivity contribution in [2.45, 2.75) is 38.6 Å². The fraction of sp³-hybridized carbons (Fsp3) is 0.529. The van der Waals surface area contributed by atoms with Crippen LogP contribution < -0.4 is 4.80 Å². The van der Waals surface area contributed by atoms with Crippen molar-refractivity contribution in [1.82, 2.24) is 4.57 Å². The molecule has 1 aliphatic rings. The second-order valence-electron chi connectivity index (χ2n) is 5.93. The highest BCUT2D eigenvalue weighted by atomic mass is 35.5. The lowest BCUT2D eigenvalue weighted by Crippen LogP contribution is -2.23. The standard InChI is InChI=1S/C17H21ClN2O2S/c1-22-10-9-20-14-8-7-13(18)11-15(14)23-17(20)19-16(21)12-5-3-2-4-6-12/h7-8,11-12H,2-6,9-10H2,1H3. The van der Waals surface area contributed by atoms with Gasteiger partial charge in [-0.25, -0.2) is 0 Å². The highest BCUT2D eigenvalue weighted by molar-refractivity contribution is 7.16. The van der Waals surface area contributed by atoms with Crippen LogP contribution in [0, 0.1) is 5.92 Å². The second-order valence-corrected chi connectivity index (χ2v) is 7.37. The lowest BCUT2D eigenvalue weighted by atomic mass is 9.89. The Kier molecular flexibility index (Phi) is 5.51. The molecular formula is C17H21ClN2O2S. The van der Waals surface area contributed by atoms with E-state index in [4.69, 9.17) is 16.3 Å². The molecule has 0 aliphatic heterocycles. The van der Waals surface area contributed by atoms with Gasteiger partial charge in [0.1, 0.15) is 0 Å². The number of aromatic nitrogens is 1. The van der Waals surface area contributed by atoms with Crippen LogP contribution >= 0.6 is 22.9 Å². The predicted octanol–water partition coefficient (Wildman–Crippen LogP) is 4.01. The van der Waals surface area contributed by atoms with E-state index in [9.17, 15) is 4.79 Å². The fourth-order valence-electron chi connectivity index (χ4n) is 3.07. The number of nitrogens with zero attached hydrogens (tertiary/aromatic N) is 2. The molecule has 0 saturated heterocycles. The number of methoxy groups -OCH3 is 1. The Labute approximate surface area is 144 Å². The maximum Gasteiger partial charge on any atom is 0.251 e. The van der Waals surface area contributed by atoms with Crippen LogP contribution in [-0.2, 0) is 16.1 Å². The lowest BCUT2D eigenvalue weighted by Gasteiger charge is -2.17. The Morgan fingerprint density at radius 1 is 1.39 bits per heavy atom. The van der Waals surface area contributed by atoms with E-state index in [2.05, 4.69) is 9.56 Å². The summed E-state index contributed by atoms with van der Waals surface area (Å²) in [5.74, 6) is 0.113. The van der Waals surface area contributed by atoms with Crippen molar-refractivity contribution in [3.63, 3.8) is 0 Å². The molecule has 1 amide bonds. The van der Waals surface area contributed by atoms with E-state index < -0.39 is 0 Å². The number of rotatable bonds is 4. The highest BCUT2D eigenvalue weighted by Crippen LogP contribution is 2.25. The van der Waals surface area contributed by atoms with Crippen molar-refractivity contribution in [1.29, 1.82) is 0 Å². The minimum absolute atomic E-state index is 0.0218. The van der Waals surface area contributed by atoms with Crippen LogP contribution in [0.1, 0.15) is 32.1 Å². The summed E-state index contributed by atoms with van der Waals surface area (Å²) in [6.45, 7) is 1.26. The molecule has 124 valence electrons. The van der Waals surface area contributed by atoms with Gasteiger partial charge in [-0.15, -0.1) is 0 Å². The van der Waals surface area contributed by atoms with Crippen molar-refractivity contribution in [3.05, 3.63) is 28.0 Å². The zero-order chi connectivity index (χ0) is 16.2. The molecular weight excluding hydrogens is 332 g/mol. The van der Waals surface area contributed by atoms with Gasteiger partial charge in [-0.1, -0.05) is 42.2 Å². The summed E-state index contributed by atoms with van der Waals surface area (Å²) in [7, 11) is 1.68. The third-order valence-electron chi connectivity index (χ3n) is 4.32. The van der Waals surface area contributed by atoms with Gasteiger partial charge in [-0.3, -0.25) is 4.79 Å². The summed E-state index contributed by atoms with van der Waals surface area (Å²) >= 11 is 7.60. The Morgan fingerprint density at radius 3 is 2.91 bits per heavy atom. The van der Waals surface area contributed by atoms with Crippen LogP contribution in [0.2, 0.25) is 5.02 Å². The number of fused-ring (bicyclic) bond motifs is 1. The van der Waals surface area contributed by atoms with Gasteiger partial charge in [0.2, 0.25) is 0 Å². The SMILES string of the molecule is COCCn1c(=NC(=O)C2CCCCC2)sc2cc(Cl)ccc21. The Balaban J connectivity index is 2.00. The zero-order valence-electron chi connectivity index (χ0n) is 13.3. The van der Waals surface area contributed by atoms with E-state index in [0.717, 1.165) is 40.7 Å². The molecule has 0 atom stereocenters. The first-order chi connectivity index (χ1) is 11.2. The molecule has 1 saturated carbocycles. The molecule has 23 heavy (non-hydrogen) atoms. The molecule has 6 heteroatoms. The number of halogens is 1. The van der Waals surface area contributed by atoms with Crippen LogP contribution in [0.15, 0.2) is 23.2 Å². The number of ether oxygens (including phenoxy) is 1. The monoisotopic (exact) mass is 352 g/mol. The zero-order valence-corrected chi connectivity index (χ0v) is 14.8. The summed E-state index contributed by atoms with van der Waals surface area (Å²) < 4.78 is 8.30. The van der Waals surface area contributed by atoms with Crippen molar-refractivity contribution in [2.75, 3.05) is 13.7 Å². The van der Waals surface area contributed by atoms with Gasteiger partial charge >= 0.3 is 0 Å². The second kappa shape index (κ2) is 7.60. The molecule has 0 radical (unpaired) electrons. The minimum Gasteiger partial charge on any atom is -0.383 e. The molecule has 1 fully saturated rings. The summed E-state index contributed by atoms with van der Waals surface area (Å²) in [5, 5.41) is 0.697. The molecule has 0 bridgehead atoms. The first-order valence-corrected chi connectivity index (χ1v) is 9.25. The molecule has 2 aromatic rings. The third kappa shape index (κ3) is 3.84. The maximum atomic E-state index is 12.5. The molecule has 1 heterocycles. The highest BCUT2D eigenvalue weighted by Gasteiger charge is 2.21. The van der Waals surface area contributed by atoms with Crippen LogP contribution in [0.3, 0.4) is 0 Å². The number of carbonyl (C=O) groups is 1. The van der Waals surface area contributed by atoms with E-state index in [1.165, 1.54) is 17.8 Å². The molecule has 3 rings (SSSR count). The van der Waals surface area contributed by atoms with Crippen LogP contribution in [0.25, 0.3) is 10.2 Å². The predicted molar refractivity (Wildman–Crippen MR) is 93.8 cm³/mol. The smallest absolute Gasteiger partial charge is 0.251 e. The van der Waals surface area contributed by atoms with Crippen molar-refractivity contribution < 1.29 is 9.53 Å². The topological polar surface area (TPSA) is 43.6 Å². The van der Waals surface area contributed by atoms with Gasteiger partial charge in [0.25, 0.3) is 5.91 Å². The van der Waals surface area contributed by atoms with Crippen molar-refractivity contribution in [3.8, 4) is 0 Å². The number of thiazole rings is 1. The molecule has 0 spiro atoms. The molecule has 0 unspecified atom stereocenters. The number of hydrogen-bond donors (Lipinski definition) is 0. The van der Waals surface area contributed by atoms with E-state index in [1.54, 1.807) is 7.11 Å². The third-order valence-corrected chi connectivity index (χ3v) is 5.60. The maximum absolute atomic E-state index is 12.5. The number of benzene rings is 1. The minimum atomic E-state index is 0.0218. The number of hydrogen-bond acceptors (Lipinski definition) is 3. The van der Waals surface area contributed by atoms with Crippen LogP contribution in [-0.4, -0.2) is 24.2 Å². The first-order valence-electron chi connectivity index (χ1n) is 8.05. The Morgan fingerprint density at radius 2 is 2.17 bits per heavy atom. The number of carbonyl (C=O) groups excluding carboxylic acids is 1. The molecule has 1 aromatic carbocycles.